The maximum Gasteiger partial charge on any atom is 0.189 e. The third-order valence-corrected chi connectivity index (χ3v) is 1.63. The fourth-order valence-electron chi connectivity index (χ4n) is 1.09. The number of aliphatic hydroxyl groups excluding tert-OH is 2. The largest absolute Gasteiger partial charge is 0.373 e. The number of nitrogens with zero attached hydrogens (tertiary/aromatic N) is 3. The Morgan fingerprint density at radius 2 is 1.38 bits per heavy atom. The topological polar surface area (TPSA) is 88.0 Å². The molecule has 0 aromatic carbocycles. The number of likely N-dealkylation sites (N-methyl/N-ethyl adjacent to an activating group) is 1. The highest BCUT2D eigenvalue weighted by molar-refractivity contribution is 4.84. The molecule has 0 aromatic heterocycles. The molecule has 2 N–H and O–H groups in total. The molecule has 0 radical (unpaired) electrons. The van der Waals surface area contributed by atoms with Gasteiger partial charge < -0.3 is 14.7 Å². The molecule has 0 heterocycles. The first-order valence-electron chi connectivity index (χ1n) is 3.88. The van der Waals surface area contributed by atoms with Crippen LogP contribution in [0.5, 0.6) is 0 Å². The van der Waals surface area contributed by atoms with Crippen molar-refractivity contribution in [3.8, 4) is 12.1 Å². The summed E-state index contributed by atoms with van der Waals surface area (Å²) in [6.45, 7) is 0.407. The Morgan fingerprint density at radius 3 is 1.62 bits per heavy atom. The van der Waals surface area contributed by atoms with Crippen LogP contribution in [0.25, 0.3) is 0 Å². The lowest BCUT2D eigenvalue weighted by Crippen LogP contribution is -2.49. The lowest BCUT2D eigenvalue weighted by Gasteiger charge is -2.30. The van der Waals surface area contributed by atoms with Gasteiger partial charge in [0.1, 0.15) is 25.2 Å². The van der Waals surface area contributed by atoms with Gasteiger partial charge in [-0.3, -0.25) is 0 Å². The van der Waals surface area contributed by atoms with Crippen LogP contribution >= 0.6 is 0 Å². The zero-order chi connectivity index (χ0) is 10.5. The summed E-state index contributed by atoms with van der Waals surface area (Å²) >= 11 is 0. The first-order valence-corrected chi connectivity index (χ1v) is 3.88. The highest BCUT2D eigenvalue weighted by atomic mass is 16.3. The second-order valence-electron chi connectivity index (χ2n) is 3.59. The van der Waals surface area contributed by atoms with Crippen LogP contribution in [0, 0.1) is 22.7 Å². The Morgan fingerprint density at radius 1 is 1.08 bits per heavy atom. The predicted molar refractivity (Wildman–Crippen MR) is 45.1 cm³/mol. The molecule has 0 saturated heterocycles. The van der Waals surface area contributed by atoms with E-state index in [1.807, 2.05) is 0 Å². The Labute approximate surface area is 77.6 Å². The SMILES string of the molecule is C[N+](C)(CC(O)C#N)CC(O)C#N. The van der Waals surface area contributed by atoms with E-state index in [2.05, 4.69) is 0 Å². The van der Waals surface area contributed by atoms with E-state index < -0.39 is 12.2 Å². The summed E-state index contributed by atoms with van der Waals surface area (Å²) in [6.07, 6.45) is -2.11. The standard InChI is InChI=1S/C8H14N3O2/c1-11(2,5-7(12)3-9)6-8(13)4-10/h7-8,12-13H,5-6H2,1-2H3/q+1. The van der Waals surface area contributed by atoms with E-state index >= 15 is 0 Å². The second kappa shape index (κ2) is 4.78. The van der Waals surface area contributed by atoms with Gasteiger partial charge in [-0.25, -0.2) is 0 Å². The van der Waals surface area contributed by atoms with E-state index in [0.29, 0.717) is 0 Å². The van der Waals surface area contributed by atoms with Gasteiger partial charge in [-0.05, 0) is 0 Å². The van der Waals surface area contributed by atoms with E-state index in [4.69, 9.17) is 20.7 Å². The molecule has 5 nitrogen and oxygen atoms in total. The van der Waals surface area contributed by atoms with Crippen LogP contribution in [-0.4, -0.2) is 54.1 Å². The van der Waals surface area contributed by atoms with Crippen molar-refractivity contribution in [1.29, 1.82) is 10.5 Å². The van der Waals surface area contributed by atoms with Gasteiger partial charge in [-0.1, -0.05) is 0 Å². The van der Waals surface area contributed by atoms with Gasteiger partial charge in [-0.2, -0.15) is 10.5 Å². The molecular weight excluding hydrogens is 170 g/mol. The van der Waals surface area contributed by atoms with Gasteiger partial charge in [0.15, 0.2) is 12.2 Å². The minimum absolute atomic E-state index is 0.204. The summed E-state index contributed by atoms with van der Waals surface area (Å²) < 4.78 is 0.240. The molecule has 0 rings (SSSR count). The van der Waals surface area contributed by atoms with E-state index in [0.717, 1.165) is 0 Å². The van der Waals surface area contributed by atoms with Crippen molar-refractivity contribution in [2.45, 2.75) is 12.2 Å². The quantitative estimate of drug-likeness (QED) is 0.426. The number of aliphatic hydroxyl groups is 2. The van der Waals surface area contributed by atoms with Crippen LogP contribution in [0.3, 0.4) is 0 Å². The molecule has 72 valence electrons. The van der Waals surface area contributed by atoms with Crippen molar-refractivity contribution in [1.82, 2.24) is 0 Å². The highest BCUT2D eigenvalue weighted by Gasteiger charge is 2.23. The first kappa shape index (κ1) is 11.9. The number of hydrogen-bond donors (Lipinski definition) is 2. The van der Waals surface area contributed by atoms with Crippen molar-refractivity contribution >= 4 is 0 Å². The molecule has 0 spiro atoms. The van der Waals surface area contributed by atoms with Gasteiger partial charge in [0.25, 0.3) is 0 Å². The number of rotatable bonds is 4. The Bertz CT molecular complexity index is 215. The van der Waals surface area contributed by atoms with E-state index in [1.54, 1.807) is 26.2 Å². The normalized spacial score (nSPS) is 15.5. The molecule has 0 aliphatic carbocycles. The summed E-state index contributed by atoms with van der Waals surface area (Å²) in [6, 6.07) is 3.38. The zero-order valence-corrected chi connectivity index (χ0v) is 7.80. The first-order chi connectivity index (χ1) is 5.91. The minimum Gasteiger partial charge on any atom is -0.373 e. The van der Waals surface area contributed by atoms with Crippen molar-refractivity contribution < 1.29 is 14.7 Å². The summed E-state index contributed by atoms with van der Waals surface area (Å²) in [4.78, 5) is 0. The molecule has 0 saturated carbocycles. The van der Waals surface area contributed by atoms with Crippen molar-refractivity contribution in [3.63, 3.8) is 0 Å². The van der Waals surface area contributed by atoms with Crippen molar-refractivity contribution in [2.24, 2.45) is 0 Å². The Kier molecular flexibility index (Phi) is 4.36. The molecule has 0 bridgehead atoms. The molecular formula is C8H14N3O2+. The fourth-order valence-corrected chi connectivity index (χ4v) is 1.09. The van der Waals surface area contributed by atoms with Crippen LogP contribution in [0.4, 0.5) is 0 Å². The monoisotopic (exact) mass is 184 g/mol. The van der Waals surface area contributed by atoms with Crippen LogP contribution < -0.4 is 0 Å². The minimum atomic E-state index is -1.05. The molecule has 0 aliphatic rings. The number of quaternary nitrogens is 1. The van der Waals surface area contributed by atoms with Crippen LogP contribution in [-0.2, 0) is 0 Å². The molecule has 0 fully saturated rings. The molecule has 0 aliphatic heterocycles. The molecule has 13 heavy (non-hydrogen) atoms. The Hall–Kier alpha value is -1.14. The lowest BCUT2D eigenvalue weighted by atomic mass is 10.2. The third kappa shape index (κ3) is 5.15. The van der Waals surface area contributed by atoms with Crippen LogP contribution in [0.1, 0.15) is 0 Å². The van der Waals surface area contributed by atoms with E-state index in [1.165, 1.54) is 0 Å². The van der Waals surface area contributed by atoms with Gasteiger partial charge >= 0.3 is 0 Å². The lowest BCUT2D eigenvalue weighted by molar-refractivity contribution is -0.894. The van der Waals surface area contributed by atoms with Gasteiger partial charge in [0.05, 0.1) is 14.1 Å². The highest BCUT2D eigenvalue weighted by Crippen LogP contribution is 2.01. The molecule has 5 heteroatoms. The van der Waals surface area contributed by atoms with Gasteiger partial charge in [-0.15, -0.1) is 0 Å². The average molecular weight is 184 g/mol. The maximum atomic E-state index is 9.04. The summed E-state index contributed by atoms with van der Waals surface area (Å²) in [7, 11) is 3.47. The number of nitriles is 2. The molecule has 0 amide bonds. The maximum absolute atomic E-state index is 9.04. The molecule has 2 atom stereocenters. The van der Waals surface area contributed by atoms with Crippen LogP contribution in [0.15, 0.2) is 0 Å². The molecule has 2 unspecified atom stereocenters. The van der Waals surface area contributed by atoms with E-state index in [-0.39, 0.29) is 17.6 Å². The smallest absolute Gasteiger partial charge is 0.189 e. The van der Waals surface area contributed by atoms with Crippen molar-refractivity contribution in [2.75, 3.05) is 27.2 Å². The zero-order valence-electron chi connectivity index (χ0n) is 7.80. The average Bonchev–Trinajstić information content (AvgIpc) is 2.02. The van der Waals surface area contributed by atoms with E-state index in [9.17, 15) is 0 Å². The predicted octanol–water partition coefficient (Wildman–Crippen LogP) is -1.17. The molecule has 0 aromatic rings. The number of hydrogen-bond acceptors (Lipinski definition) is 4. The summed E-state index contributed by atoms with van der Waals surface area (Å²) in [5, 5.41) is 34.8. The third-order valence-electron chi connectivity index (χ3n) is 1.63. The fraction of sp³-hybridized carbons (Fsp3) is 0.750. The summed E-state index contributed by atoms with van der Waals surface area (Å²) in [5.74, 6) is 0. The van der Waals surface area contributed by atoms with Gasteiger partial charge in [0.2, 0.25) is 0 Å². The van der Waals surface area contributed by atoms with Gasteiger partial charge in [0, 0.05) is 0 Å². The second-order valence-corrected chi connectivity index (χ2v) is 3.59. The Balaban J connectivity index is 4.11. The summed E-state index contributed by atoms with van der Waals surface area (Å²) in [5.41, 5.74) is 0. The van der Waals surface area contributed by atoms with Crippen molar-refractivity contribution in [3.05, 3.63) is 0 Å². The van der Waals surface area contributed by atoms with Crippen LogP contribution in [0.2, 0.25) is 0 Å².